The molecule has 2 aliphatic heterocycles. The molecule has 1 amide bonds. The van der Waals surface area contributed by atoms with Crippen molar-refractivity contribution < 1.29 is 9.53 Å². The second-order valence-corrected chi connectivity index (χ2v) is 10.6. The minimum Gasteiger partial charge on any atom is -0.381 e. The Labute approximate surface area is 182 Å². The Morgan fingerprint density at radius 3 is 3.17 bits per heavy atom. The van der Waals surface area contributed by atoms with Gasteiger partial charge in [0.05, 0.1) is 12.0 Å². The molecule has 6 heteroatoms. The van der Waals surface area contributed by atoms with E-state index in [0.29, 0.717) is 36.4 Å². The molecule has 4 aliphatic rings. The summed E-state index contributed by atoms with van der Waals surface area (Å²) in [6.45, 7) is 5.52. The third-order valence-corrected chi connectivity index (χ3v) is 8.38. The summed E-state index contributed by atoms with van der Waals surface area (Å²) in [5.74, 6) is 1.51. The average molecular weight is 462 g/mol. The number of nitrogens with zero attached hydrogens (tertiary/aromatic N) is 2. The molecule has 29 heavy (non-hydrogen) atoms. The number of carbonyl (C=O) groups is 1. The number of fused-ring (bicyclic) bond motifs is 2. The van der Waals surface area contributed by atoms with Gasteiger partial charge < -0.3 is 15.0 Å². The molecule has 2 aliphatic carbocycles. The number of pyridine rings is 1. The average Bonchev–Trinajstić information content (AvgIpc) is 3.26. The molecule has 5 atom stereocenters. The highest BCUT2D eigenvalue weighted by molar-refractivity contribution is 9.10. The fourth-order valence-electron chi connectivity index (χ4n) is 6.43. The van der Waals surface area contributed by atoms with Crippen LogP contribution in [0.15, 0.2) is 16.7 Å². The maximum Gasteiger partial charge on any atom is 0.229 e. The first-order chi connectivity index (χ1) is 14.0. The first-order valence-electron chi connectivity index (χ1n) is 11.3. The lowest BCUT2D eigenvalue weighted by atomic mass is 9.78. The highest BCUT2D eigenvalue weighted by atomic mass is 79.9. The van der Waals surface area contributed by atoms with E-state index in [-0.39, 0.29) is 5.41 Å². The lowest BCUT2D eigenvalue weighted by Crippen LogP contribution is -2.48. The molecule has 0 aromatic carbocycles. The van der Waals surface area contributed by atoms with E-state index in [1.165, 1.54) is 18.4 Å². The van der Waals surface area contributed by atoms with Crippen molar-refractivity contribution in [1.82, 2.24) is 15.2 Å². The summed E-state index contributed by atoms with van der Waals surface area (Å²) in [6, 6.07) is 3.14. The van der Waals surface area contributed by atoms with Crippen LogP contribution >= 0.6 is 15.9 Å². The monoisotopic (exact) mass is 461 g/mol. The van der Waals surface area contributed by atoms with E-state index in [1.54, 1.807) is 0 Å². The molecule has 0 spiro atoms. The number of nitrogens with one attached hydrogen (secondary N) is 1. The number of carbonyl (C=O) groups excluding carboxylic acids is 1. The molecule has 158 valence electrons. The van der Waals surface area contributed by atoms with Crippen molar-refractivity contribution in [3.05, 3.63) is 28.0 Å². The van der Waals surface area contributed by atoms with Gasteiger partial charge >= 0.3 is 0 Å². The number of halogens is 1. The van der Waals surface area contributed by atoms with Gasteiger partial charge in [0.15, 0.2) is 0 Å². The lowest BCUT2D eigenvalue weighted by Gasteiger charge is -2.37. The van der Waals surface area contributed by atoms with Crippen molar-refractivity contribution in [2.24, 2.45) is 17.3 Å². The summed E-state index contributed by atoms with van der Waals surface area (Å²) in [5, 5.41) is 3.93. The van der Waals surface area contributed by atoms with E-state index in [9.17, 15) is 4.79 Å². The van der Waals surface area contributed by atoms with E-state index < -0.39 is 0 Å². The zero-order valence-corrected chi connectivity index (χ0v) is 18.9. The van der Waals surface area contributed by atoms with Crippen LogP contribution in [0, 0.1) is 17.3 Å². The Balaban J connectivity index is 1.30. The van der Waals surface area contributed by atoms with Crippen LogP contribution < -0.4 is 5.32 Å². The zero-order valence-electron chi connectivity index (χ0n) is 17.3. The number of hydrogen-bond acceptors (Lipinski definition) is 4. The fourth-order valence-corrected chi connectivity index (χ4v) is 6.81. The quantitative estimate of drug-likeness (QED) is 0.745. The van der Waals surface area contributed by atoms with Crippen LogP contribution in [0.5, 0.6) is 0 Å². The molecule has 0 unspecified atom stereocenters. The number of hydrogen-bond donors (Lipinski definition) is 1. The predicted molar refractivity (Wildman–Crippen MR) is 115 cm³/mol. The first kappa shape index (κ1) is 20.0. The van der Waals surface area contributed by atoms with Crippen LogP contribution in [0.2, 0.25) is 0 Å². The highest BCUT2D eigenvalue weighted by Gasteiger charge is 2.56. The van der Waals surface area contributed by atoms with Gasteiger partial charge in [-0.3, -0.25) is 9.78 Å². The molecule has 2 saturated carbocycles. The SMILES string of the molecule is C[C@@H]1COCC[C@H]1N[C@@H]1C[C@H]2CCC[C@@]2(C(=O)N2CCc3ncc(Br)cc3C2)C1. The highest BCUT2D eigenvalue weighted by Crippen LogP contribution is 2.55. The van der Waals surface area contributed by atoms with Crippen LogP contribution in [-0.4, -0.2) is 47.6 Å². The van der Waals surface area contributed by atoms with Crippen LogP contribution in [0.25, 0.3) is 0 Å². The molecule has 3 heterocycles. The summed E-state index contributed by atoms with van der Waals surface area (Å²) >= 11 is 3.53. The van der Waals surface area contributed by atoms with Gasteiger partial charge in [-0.25, -0.2) is 0 Å². The molecular formula is C23H32BrN3O2. The van der Waals surface area contributed by atoms with Crippen molar-refractivity contribution in [3.8, 4) is 0 Å². The third kappa shape index (κ3) is 3.66. The van der Waals surface area contributed by atoms with Crippen molar-refractivity contribution in [2.75, 3.05) is 19.8 Å². The minimum atomic E-state index is -0.136. The number of aromatic nitrogens is 1. The molecule has 0 bridgehead atoms. The van der Waals surface area contributed by atoms with E-state index >= 15 is 0 Å². The summed E-state index contributed by atoms with van der Waals surface area (Å²) in [5.41, 5.74) is 2.22. The topological polar surface area (TPSA) is 54.5 Å². The molecule has 5 rings (SSSR count). The number of amides is 1. The minimum absolute atomic E-state index is 0.136. The van der Waals surface area contributed by atoms with E-state index in [2.05, 4.69) is 44.1 Å². The third-order valence-electron chi connectivity index (χ3n) is 7.95. The molecule has 1 aromatic heterocycles. The maximum absolute atomic E-state index is 13.8. The smallest absolute Gasteiger partial charge is 0.229 e. The van der Waals surface area contributed by atoms with Gasteiger partial charge in [-0.2, -0.15) is 0 Å². The molecular weight excluding hydrogens is 430 g/mol. The van der Waals surface area contributed by atoms with Gasteiger partial charge in [-0.15, -0.1) is 0 Å². The van der Waals surface area contributed by atoms with Crippen LogP contribution in [0.1, 0.15) is 56.7 Å². The van der Waals surface area contributed by atoms with Gasteiger partial charge in [0.25, 0.3) is 0 Å². The summed E-state index contributed by atoms with van der Waals surface area (Å²) in [6.07, 6.45) is 9.49. The van der Waals surface area contributed by atoms with Crippen molar-refractivity contribution in [1.29, 1.82) is 0 Å². The molecule has 5 nitrogen and oxygen atoms in total. The molecule has 3 fully saturated rings. The second-order valence-electron chi connectivity index (χ2n) is 9.73. The van der Waals surface area contributed by atoms with Crippen molar-refractivity contribution in [2.45, 2.75) is 70.5 Å². The van der Waals surface area contributed by atoms with Gasteiger partial charge in [0, 0.05) is 54.6 Å². The number of ether oxygens (including phenoxy) is 1. The van der Waals surface area contributed by atoms with Crippen molar-refractivity contribution >= 4 is 21.8 Å². The van der Waals surface area contributed by atoms with E-state index in [4.69, 9.17) is 4.74 Å². The first-order valence-corrected chi connectivity index (χ1v) is 12.1. The Kier molecular flexibility index (Phi) is 5.46. The van der Waals surface area contributed by atoms with Crippen molar-refractivity contribution in [3.63, 3.8) is 0 Å². The Hall–Kier alpha value is -0.980. The largest absolute Gasteiger partial charge is 0.381 e. The van der Waals surface area contributed by atoms with Gasteiger partial charge in [-0.1, -0.05) is 13.3 Å². The Morgan fingerprint density at radius 1 is 1.41 bits per heavy atom. The molecule has 1 aromatic rings. The Morgan fingerprint density at radius 2 is 2.31 bits per heavy atom. The normalized spacial score (nSPS) is 36.7. The summed E-state index contributed by atoms with van der Waals surface area (Å²) < 4.78 is 6.61. The van der Waals surface area contributed by atoms with Crippen LogP contribution in [0.4, 0.5) is 0 Å². The van der Waals surface area contributed by atoms with Crippen LogP contribution in [0.3, 0.4) is 0 Å². The van der Waals surface area contributed by atoms with E-state index in [1.807, 2.05) is 6.20 Å². The van der Waals surface area contributed by atoms with Gasteiger partial charge in [-0.05, 0) is 71.5 Å². The fraction of sp³-hybridized carbons (Fsp3) is 0.739. The summed E-state index contributed by atoms with van der Waals surface area (Å²) in [7, 11) is 0. The lowest BCUT2D eigenvalue weighted by molar-refractivity contribution is -0.144. The molecule has 0 radical (unpaired) electrons. The Bertz CT molecular complexity index is 787. The van der Waals surface area contributed by atoms with Gasteiger partial charge in [0.2, 0.25) is 5.91 Å². The second kappa shape index (κ2) is 7.93. The standard InChI is InChI=1S/C23H32BrN3O2/c1-15-14-29-8-5-20(15)26-19-10-17-3-2-6-23(17,11-19)22(28)27-7-4-21-16(13-27)9-18(24)12-25-21/h9,12,15,17,19-20,26H,2-8,10-11,13-14H2,1H3/t15-,17-,19-,20-,23-/m1/s1. The molecule has 1 saturated heterocycles. The maximum atomic E-state index is 13.8. The summed E-state index contributed by atoms with van der Waals surface area (Å²) in [4.78, 5) is 20.5. The van der Waals surface area contributed by atoms with Crippen LogP contribution in [-0.2, 0) is 22.5 Å². The predicted octanol–water partition coefficient (Wildman–Crippen LogP) is 3.69. The zero-order chi connectivity index (χ0) is 20.0. The van der Waals surface area contributed by atoms with E-state index in [0.717, 1.165) is 62.0 Å². The van der Waals surface area contributed by atoms with Gasteiger partial charge in [0.1, 0.15) is 0 Å². The number of rotatable bonds is 3. The molecule has 1 N–H and O–H groups in total.